The van der Waals surface area contributed by atoms with Crippen LogP contribution in [-0.4, -0.2) is 225 Å². The average molecular weight is 1180 g/mol. The zero-order valence-corrected chi connectivity index (χ0v) is 48.7. The maximum atomic E-state index is 15.1. The smallest absolute Gasteiger partial charge is 0.303 e. The molecule has 466 valence electrons. The fraction of sp³-hybridized carbons (Fsp3) is 0.754. The number of benzene rings is 2. The fourth-order valence-corrected chi connectivity index (χ4v) is 12.4. The van der Waals surface area contributed by atoms with Gasteiger partial charge in [-0.15, -0.1) is 0 Å². The van der Waals surface area contributed by atoms with Crippen molar-refractivity contribution in [2.75, 3.05) is 14.2 Å². The van der Waals surface area contributed by atoms with Crippen LogP contribution in [0.15, 0.2) is 12.1 Å². The first-order valence-electron chi connectivity index (χ1n) is 28.2. The lowest BCUT2D eigenvalue weighted by Gasteiger charge is -2.46. The van der Waals surface area contributed by atoms with Crippen molar-refractivity contribution in [2.24, 2.45) is 5.92 Å². The van der Waals surface area contributed by atoms with Gasteiger partial charge in [-0.3, -0.25) is 19.2 Å². The van der Waals surface area contributed by atoms with E-state index in [0.717, 1.165) is 0 Å². The minimum absolute atomic E-state index is 0.0251. The molecule has 5 fully saturated rings. The Bertz CT molecular complexity index is 2620. The number of aromatic hydroxyl groups is 2. The summed E-state index contributed by atoms with van der Waals surface area (Å²) in [5, 5.41) is 90.1. The van der Waals surface area contributed by atoms with Crippen LogP contribution in [0, 0.1) is 12.8 Å². The number of aliphatic hydroxyl groups is 6. The highest BCUT2D eigenvalue weighted by atomic mass is 16.7. The van der Waals surface area contributed by atoms with Gasteiger partial charge in [0.25, 0.3) is 0 Å². The standard InChI is InChI=1S/C57H82O26/c1-21-34(79-40-19-37(53(26(6)75-40)77-28(8)59)82-38-16-33(61)52(70-11)25(5)74-38)15-31-13-30-14-32(54(71-12)51(68)46(63)22(2)58)55(50(67)44(30)49(66)43(31)45(21)62)83-41-18-35(47(64)24(4)73-41)80-39-17-36(48(65)23(3)72-39)81-42-20-57(10,69)56(27(7)76-42)78-29(9)60/h13,15,22-27,32-33,35-42,46-48,52-56,58,61-66,69H,14,16-20H2,1-12H3/t22-,23-,24-,25-,26-,27+,32+,33-,35-,36-,37-,38-,39+,40+,41+,42-,46+,47-,48-,52+,53+,54+,55+,56+,57+/m1/s1. The van der Waals surface area contributed by atoms with Gasteiger partial charge in [-0.1, -0.05) is 0 Å². The Hall–Kier alpha value is -4.30. The number of hydrogen-bond acceptors (Lipinski definition) is 26. The number of hydrogen-bond donors (Lipinski definition) is 8. The molecule has 1 aliphatic carbocycles. The molecule has 0 unspecified atom stereocenters. The lowest BCUT2D eigenvalue weighted by molar-refractivity contribution is -0.334. The molecular weight excluding hydrogens is 1100 g/mol. The SMILES string of the molecule is CO[C@@H]1[C@H](O)C[C@@H](O[C@@H]2C[C@H](Oc3cc4cc5c(c(O)c4c(O)c3C)C(=O)[C@@H](O[C@H]3C[C@@H](O[C@H]4C[C@@H](O[C@@H]6C[C@](C)(O)[C@@H](OC(C)=O)[C@H](C)O6)[C@H](O)[C@@H](C)O4)[C@H](O)[C@@H](C)O3)[C@H]([C@H](OC)C(=O)[C@@H](O)[C@@H](C)O)C5)O[C@H](C)[C@@H]2OC(C)=O)O[C@@H]1C. The van der Waals surface area contributed by atoms with E-state index in [0.29, 0.717) is 0 Å². The zero-order valence-electron chi connectivity index (χ0n) is 48.7. The highest BCUT2D eigenvalue weighted by Gasteiger charge is 2.52. The van der Waals surface area contributed by atoms with Crippen molar-refractivity contribution in [3.05, 3.63) is 28.8 Å². The summed E-state index contributed by atoms with van der Waals surface area (Å²) < 4.78 is 84.2. The summed E-state index contributed by atoms with van der Waals surface area (Å²) in [6.45, 7) is 14.8. The van der Waals surface area contributed by atoms with Gasteiger partial charge in [0, 0.05) is 71.7 Å². The molecule has 0 radical (unpaired) electrons. The Labute approximate surface area is 480 Å². The molecule has 26 heteroatoms. The van der Waals surface area contributed by atoms with Crippen molar-refractivity contribution >= 4 is 34.3 Å². The van der Waals surface area contributed by atoms with Crippen LogP contribution in [0.25, 0.3) is 10.8 Å². The molecular formula is C57H82O26. The third kappa shape index (κ3) is 13.9. The maximum absolute atomic E-state index is 15.1. The van der Waals surface area contributed by atoms with Gasteiger partial charge in [0.05, 0.1) is 65.9 Å². The van der Waals surface area contributed by atoms with Crippen molar-refractivity contribution in [3.8, 4) is 17.2 Å². The van der Waals surface area contributed by atoms with Crippen LogP contribution in [-0.2, 0) is 82.4 Å². The molecule has 0 saturated carbocycles. The van der Waals surface area contributed by atoms with Gasteiger partial charge in [-0.2, -0.15) is 0 Å². The molecule has 5 heterocycles. The second kappa shape index (κ2) is 26.4. The number of carbonyl (C=O) groups is 4. The molecule has 25 atom stereocenters. The van der Waals surface area contributed by atoms with E-state index in [2.05, 4.69) is 0 Å². The number of esters is 2. The fourth-order valence-electron chi connectivity index (χ4n) is 12.4. The summed E-state index contributed by atoms with van der Waals surface area (Å²) in [7, 11) is 2.64. The number of phenols is 2. The first-order valence-corrected chi connectivity index (χ1v) is 28.2. The molecule has 2 aromatic carbocycles. The molecule has 6 aliphatic rings. The molecule has 83 heavy (non-hydrogen) atoms. The molecule has 8 N–H and O–H groups in total. The predicted octanol–water partition coefficient (Wildman–Crippen LogP) is 1.55. The summed E-state index contributed by atoms with van der Waals surface area (Å²) in [6, 6.07) is 3.04. The molecule has 8 rings (SSSR count). The van der Waals surface area contributed by atoms with Crippen LogP contribution < -0.4 is 4.74 Å². The average Bonchev–Trinajstić information content (AvgIpc) is 3.47. The molecule has 5 saturated heterocycles. The van der Waals surface area contributed by atoms with Gasteiger partial charge in [0.15, 0.2) is 48.9 Å². The minimum Gasteiger partial charge on any atom is -0.507 e. The minimum atomic E-state index is -1.96. The Balaban J connectivity index is 1.04. The van der Waals surface area contributed by atoms with E-state index >= 15 is 4.79 Å². The van der Waals surface area contributed by atoms with Crippen LogP contribution in [0.2, 0.25) is 0 Å². The maximum Gasteiger partial charge on any atom is 0.303 e. The van der Waals surface area contributed by atoms with Crippen molar-refractivity contribution in [2.45, 2.75) is 255 Å². The Kier molecular flexibility index (Phi) is 20.5. The topological polar surface area (TPSA) is 359 Å². The van der Waals surface area contributed by atoms with E-state index in [1.807, 2.05) is 0 Å². The largest absolute Gasteiger partial charge is 0.507 e. The normalized spacial score (nSPS) is 39.7. The number of aliphatic hydroxyl groups excluding tert-OH is 5. The van der Waals surface area contributed by atoms with Crippen LogP contribution in [0.1, 0.15) is 116 Å². The van der Waals surface area contributed by atoms with Gasteiger partial charge in [-0.25, -0.2) is 0 Å². The van der Waals surface area contributed by atoms with Gasteiger partial charge < -0.3 is 107 Å². The second-order valence-corrected chi connectivity index (χ2v) is 23.1. The summed E-state index contributed by atoms with van der Waals surface area (Å²) in [5.74, 6) is -5.32. The number of rotatable bonds is 18. The predicted molar refractivity (Wildman–Crippen MR) is 282 cm³/mol. The van der Waals surface area contributed by atoms with Crippen molar-refractivity contribution in [3.63, 3.8) is 0 Å². The van der Waals surface area contributed by atoms with E-state index in [1.54, 1.807) is 27.7 Å². The Morgan fingerprint density at radius 3 is 1.78 bits per heavy atom. The van der Waals surface area contributed by atoms with Gasteiger partial charge in [0.1, 0.15) is 65.6 Å². The lowest BCUT2D eigenvalue weighted by Crippen LogP contribution is -2.59. The Morgan fingerprint density at radius 2 is 1.22 bits per heavy atom. The van der Waals surface area contributed by atoms with E-state index in [4.69, 9.17) is 66.3 Å². The van der Waals surface area contributed by atoms with Gasteiger partial charge >= 0.3 is 11.9 Å². The van der Waals surface area contributed by atoms with Crippen molar-refractivity contribution in [1.29, 1.82) is 0 Å². The molecule has 0 bridgehead atoms. The molecule has 0 amide bonds. The van der Waals surface area contributed by atoms with Crippen molar-refractivity contribution in [1.82, 2.24) is 0 Å². The number of carbonyl (C=O) groups excluding carboxylic acids is 4. The molecule has 0 aromatic heterocycles. The second-order valence-electron chi connectivity index (χ2n) is 23.1. The molecule has 26 nitrogen and oxygen atoms in total. The lowest BCUT2D eigenvalue weighted by atomic mass is 9.75. The molecule has 5 aliphatic heterocycles. The molecule has 2 aromatic rings. The third-order valence-electron chi connectivity index (χ3n) is 16.6. The summed E-state index contributed by atoms with van der Waals surface area (Å²) in [5.41, 5.74) is -1.51. The van der Waals surface area contributed by atoms with E-state index in [1.165, 1.54) is 67.9 Å². The van der Waals surface area contributed by atoms with Crippen LogP contribution in [0.5, 0.6) is 17.2 Å². The van der Waals surface area contributed by atoms with Crippen molar-refractivity contribution < 1.29 is 126 Å². The number of phenolic OH excluding ortho intramolecular Hbond substituents is 2. The van der Waals surface area contributed by atoms with Gasteiger partial charge in [0.2, 0.25) is 6.29 Å². The highest BCUT2D eigenvalue weighted by Crippen LogP contribution is 2.48. The zero-order chi connectivity index (χ0) is 60.8. The summed E-state index contributed by atoms with van der Waals surface area (Å²) in [6.07, 6.45) is -25.9. The van der Waals surface area contributed by atoms with Crippen LogP contribution in [0.3, 0.4) is 0 Å². The number of ketones is 2. The number of ether oxygens (including phenoxy) is 14. The first-order chi connectivity index (χ1) is 39.0. The van der Waals surface area contributed by atoms with E-state index in [9.17, 15) is 55.2 Å². The van der Waals surface area contributed by atoms with Crippen LogP contribution >= 0.6 is 0 Å². The first kappa shape index (κ1) is 64.7. The Morgan fingerprint density at radius 1 is 0.687 bits per heavy atom. The quantitative estimate of drug-likeness (QED) is 0.0982. The van der Waals surface area contributed by atoms with E-state index < -0.39 is 188 Å². The highest BCUT2D eigenvalue weighted by molar-refractivity contribution is 6.11. The number of fused-ring (bicyclic) bond motifs is 2. The molecule has 0 spiro atoms. The third-order valence-corrected chi connectivity index (χ3v) is 16.6. The number of methoxy groups -OCH3 is 2. The summed E-state index contributed by atoms with van der Waals surface area (Å²) in [4.78, 5) is 53.2. The monoisotopic (exact) mass is 1180 g/mol. The van der Waals surface area contributed by atoms with Gasteiger partial charge in [-0.05, 0) is 84.9 Å². The summed E-state index contributed by atoms with van der Waals surface area (Å²) >= 11 is 0. The number of Topliss-reactive ketones (excluding diaryl/α,β-unsaturated/α-hetero) is 2. The van der Waals surface area contributed by atoms with Crippen LogP contribution in [0.4, 0.5) is 0 Å². The van der Waals surface area contributed by atoms with E-state index in [-0.39, 0.29) is 71.7 Å².